The Kier molecular flexibility index (Phi) is 18.5. The quantitative estimate of drug-likeness (QED) is 0.0696. The summed E-state index contributed by atoms with van der Waals surface area (Å²) in [4.78, 5) is 116. The van der Waals surface area contributed by atoms with E-state index in [4.69, 9.17) is 0 Å². The Morgan fingerprint density at radius 1 is 0.543 bits per heavy atom. The molecule has 1 fully saturated rings. The summed E-state index contributed by atoms with van der Waals surface area (Å²) in [5.41, 5.74) is 5.61. The Labute approximate surface area is 476 Å². The number of carbonyl (C=O) groups is 8. The number of carbonyl (C=O) groups excluding carboxylic acids is 8. The van der Waals surface area contributed by atoms with E-state index >= 15 is 0 Å². The number of nitrogens with zero attached hydrogens (tertiary/aromatic N) is 2. The largest absolute Gasteiger partial charge is 0.347 e. The maximum atomic E-state index is 14.8. The van der Waals surface area contributed by atoms with Gasteiger partial charge in [-0.2, -0.15) is 0 Å². The smallest absolute Gasteiger partial charge is 0.255 e. The van der Waals surface area contributed by atoms with Crippen molar-refractivity contribution < 1.29 is 38.4 Å². The molecule has 8 N–H and O–H groups in total. The number of fused-ring (bicyclic) bond motifs is 3. The van der Waals surface area contributed by atoms with Crippen LogP contribution < -0.4 is 42.5 Å². The van der Waals surface area contributed by atoms with Crippen LogP contribution in [-0.4, -0.2) is 120 Å². The third kappa shape index (κ3) is 13.8. The van der Waals surface area contributed by atoms with Gasteiger partial charge in [-0.05, 0) is 153 Å². The Bertz CT molecular complexity index is 3020. The summed E-state index contributed by atoms with van der Waals surface area (Å²) < 4.78 is 0. The number of rotatable bonds is 16. The molecule has 0 unspecified atom stereocenters. The van der Waals surface area contributed by atoms with Gasteiger partial charge in [-0.1, -0.05) is 96.1 Å². The summed E-state index contributed by atoms with van der Waals surface area (Å²) in [6.45, 7) is 14.7. The minimum absolute atomic E-state index is 0.0238. The van der Waals surface area contributed by atoms with Gasteiger partial charge in [0.25, 0.3) is 11.8 Å². The standard InChI is InChI=1S/C63H82N10O8/c1-36(64-9)54(74)70-52(62(3,4)5)60(80)72-34-42-29-30-44(31-43(42)32-50(72)58(78)68-48-23-15-19-38-17-11-13-21-46(38)48)66-56(76)40-25-27-41(28-26-40)57(77)67-45-33-51(59(79)69-49-24-16-20-39-18-12-14-22-47(39)49)73(35-45)61(81)53(63(6,7)8)71-55(75)37(2)65-10/h11-14,17-18,21-22,25-31,36-37,45,48-53,64-65H,15-16,19-20,23-24,32-35H2,1-10H3,(H,66,76)(H,67,77)(H,68,78)(H,69,79)(H,70,74)(H,71,75)/t36-,37-,45-,48+,49+,50-,51-,52+,53+/m0/s1. The molecule has 18 nitrogen and oxygen atoms in total. The van der Waals surface area contributed by atoms with Gasteiger partial charge in [0.1, 0.15) is 24.2 Å². The monoisotopic (exact) mass is 1110 g/mol. The van der Waals surface area contributed by atoms with Crippen LogP contribution in [0, 0.1) is 10.8 Å². The molecule has 0 spiro atoms. The van der Waals surface area contributed by atoms with E-state index in [1.165, 1.54) is 16.0 Å². The van der Waals surface area contributed by atoms with E-state index in [0.29, 0.717) is 5.69 Å². The molecule has 4 aromatic rings. The molecular weight excluding hydrogens is 1020 g/mol. The number of likely N-dealkylation sites (tertiary alicyclic amines) is 1. The summed E-state index contributed by atoms with van der Waals surface area (Å²) in [5.74, 6) is -3.04. The fourth-order valence-corrected chi connectivity index (χ4v) is 11.6. The SMILES string of the molecule is CN[C@@H](C)C(=O)N[C@H](C(=O)N1Cc2ccc(NC(=O)c3ccc(C(=O)N[C@H]4C[C@@H](C(=O)N[C@@H]5CCCc6ccccc65)N(C(=O)[C@@H](NC(=O)[C@H](C)NC)C(C)(C)C)C4)cc3)cc2C[C@H]1C(=O)N[C@@H]1CCCc2ccccc21)C(C)(C)C. The van der Waals surface area contributed by atoms with Crippen molar-refractivity contribution in [2.75, 3.05) is 26.0 Å². The molecule has 9 atom stereocenters. The summed E-state index contributed by atoms with van der Waals surface area (Å²) >= 11 is 0. The lowest BCUT2D eigenvalue weighted by Crippen LogP contribution is -2.62. The molecule has 8 amide bonds. The number of benzene rings is 4. The van der Waals surface area contributed by atoms with Crippen LogP contribution in [0.2, 0.25) is 0 Å². The Balaban J connectivity index is 0.972. The second-order valence-electron chi connectivity index (χ2n) is 24.6. The summed E-state index contributed by atoms with van der Waals surface area (Å²) in [7, 11) is 3.33. The van der Waals surface area contributed by atoms with Crippen LogP contribution >= 0.6 is 0 Å². The molecule has 0 saturated carbocycles. The fraction of sp³-hybridized carbons (Fsp3) is 0.492. The number of hydrogen-bond acceptors (Lipinski definition) is 10. The highest BCUT2D eigenvalue weighted by molar-refractivity contribution is 6.05. The number of hydrogen-bond donors (Lipinski definition) is 8. The van der Waals surface area contributed by atoms with Crippen molar-refractivity contribution in [2.45, 2.75) is 168 Å². The number of aryl methyl sites for hydroxylation is 2. The van der Waals surface area contributed by atoms with Crippen LogP contribution in [-0.2, 0) is 54.6 Å². The highest BCUT2D eigenvalue weighted by Crippen LogP contribution is 2.35. The minimum Gasteiger partial charge on any atom is -0.347 e. The third-order valence-corrected chi connectivity index (χ3v) is 16.6. The average Bonchev–Trinajstić information content (AvgIpc) is 3.90. The lowest BCUT2D eigenvalue weighted by molar-refractivity contribution is -0.147. The zero-order valence-electron chi connectivity index (χ0n) is 48.6. The topological polar surface area (TPSA) is 239 Å². The van der Waals surface area contributed by atoms with E-state index in [1.54, 1.807) is 63.2 Å². The van der Waals surface area contributed by atoms with Crippen LogP contribution in [0.3, 0.4) is 0 Å². The van der Waals surface area contributed by atoms with Crippen molar-refractivity contribution in [3.8, 4) is 0 Å². The van der Waals surface area contributed by atoms with Gasteiger partial charge >= 0.3 is 0 Å². The summed E-state index contributed by atoms with van der Waals surface area (Å²) in [6, 6.07) is 21.7. The van der Waals surface area contributed by atoms with E-state index in [0.717, 1.165) is 60.8 Å². The molecule has 0 radical (unpaired) electrons. The molecule has 432 valence electrons. The zero-order valence-corrected chi connectivity index (χ0v) is 48.6. The predicted molar refractivity (Wildman–Crippen MR) is 311 cm³/mol. The molecule has 18 heteroatoms. The maximum Gasteiger partial charge on any atom is 0.255 e. The third-order valence-electron chi connectivity index (χ3n) is 16.6. The average molecular weight is 1110 g/mol. The van der Waals surface area contributed by atoms with Crippen molar-refractivity contribution in [3.63, 3.8) is 0 Å². The van der Waals surface area contributed by atoms with Crippen LogP contribution in [0.4, 0.5) is 5.69 Å². The van der Waals surface area contributed by atoms with E-state index in [1.807, 2.05) is 90.1 Å². The predicted octanol–water partition coefficient (Wildman–Crippen LogP) is 5.56. The highest BCUT2D eigenvalue weighted by Gasteiger charge is 2.47. The van der Waals surface area contributed by atoms with E-state index in [9.17, 15) is 38.4 Å². The van der Waals surface area contributed by atoms with E-state index in [-0.39, 0.29) is 78.7 Å². The number of anilines is 1. The maximum absolute atomic E-state index is 14.8. The van der Waals surface area contributed by atoms with Gasteiger partial charge in [0.2, 0.25) is 35.4 Å². The Hall–Kier alpha value is -7.44. The van der Waals surface area contributed by atoms with Crippen molar-refractivity contribution >= 4 is 52.9 Å². The summed E-state index contributed by atoms with van der Waals surface area (Å²) in [6.07, 6.45) is 5.41. The van der Waals surface area contributed by atoms with E-state index < -0.39 is 70.8 Å². The Morgan fingerprint density at radius 2 is 1.02 bits per heavy atom. The molecule has 2 heterocycles. The van der Waals surface area contributed by atoms with Gasteiger partial charge in [-0.25, -0.2) is 0 Å². The molecule has 81 heavy (non-hydrogen) atoms. The number of likely N-dealkylation sites (N-methyl/N-ethyl adjacent to an activating group) is 2. The normalized spacial score (nSPS) is 21.1. The number of amides is 8. The first-order chi connectivity index (χ1) is 38.4. The van der Waals surface area contributed by atoms with Crippen molar-refractivity contribution in [1.29, 1.82) is 0 Å². The molecule has 2 aliphatic heterocycles. The van der Waals surface area contributed by atoms with Gasteiger partial charge in [-0.3, -0.25) is 38.4 Å². The van der Waals surface area contributed by atoms with Gasteiger partial charge in [0.05, 0.1) is 24.2 Å². The second-order valence-corrected chi connectivity index (χ2v) is 24.6. The highest BCUT2D eigenvalue weighted by atomic mass is 16.2. The van der Waals surface area contributed by atoms with Crippen LogP contribution in [0.1, 0.15) is 154 Å². The molecule has 4 aromatic carbocycles. The van der Waals surface area contributed by atoms with Gasteiger partial charge in [0, 0.05) is 42.4 Å². The molecule has 0 aromatic heterocycles. The molecule has 8 rings (SSSR count). The zero-order chi connectivity index (χ0) is 58.5. The molecule has 2 aliphatic carbocycles. The minimum atomic E-state index is -0.976. The molecule has 0 bridgehead atoms. The van der Waals surface area contributed by atoms with E-state index in [2.05, 4.69) is 54.7 Å². The van der Waals surface area contributed by atoms with Gasteiger partial charge in [-0.15, -0.1) is 0 Å². The lowest BCUT2D eigenvalue weighted by atomic mass is 9.83. The first kappa shape index (κ1) is 59.7. The summed E-state index contributed by atoms with van der Waals surface area (Å²) in [5, 5.41) is 24.3. The molecular formula is C63H82N10O8. The number of nitrogens with one attached hydrogen (secondary N) is 8. The first-order valence-corrected chi connectivity index (χ1v) is 28.6. The molecule has 4 aliphatic rings. The van der Waals surface area contributed by atoms with Crippen LogP contribution in [0.15, 0.2) is 91.0 Å². The van der Waals surface area contributed by atoms with Gasteiger partial charge < -0.3 is 52.3 Å². The van der Waals surface area contributed by atoms with Crippen molar-refractivity contribution in [3.05, 3.63) is 136 Å². The molecule has 1 saturated heterocycles. The van der Waals surface area contributed by atoms with Crippen molar-refractivity contribution in [1.82, 2.24) is 47.0 Å². The second kappa shape index (κ2) is 25.1. The van der Waals surface area contributed by atoms with Crippen LogP contribution in [0.5, 0.6) is 0 Å². The first-order valence-electron chi connectivity index (χ1n) is 28.6. The van der Waals surface area contributed by atoms with Crippen molar-refractivity contribution in [2.24, 2.45) is 10.8 Å². The lowest BCUT2D eigenvalue weighted by Gasteiger charge is -2.42. The fourth-order valence-electron chi connectivity index (χ4n) is 11.6. The van der Waals surface area contributed by atoms with Gasteiger partial charge in [0.15, 0.2) is 0 Å². The van der Waals surface area contributed by atoms with Crippen LogP contribution in [0.25, 0.3) is 0 Å². The Morgan fingerprint density at radius 3 is 1.53 bits per heavy atom.